The number of amides is 2. The maximum Gasteiger partial charge on any atom is 0.326 e. The molecule has 6 heteroatoms. The summed E-state index contributed by atoms with van der Waals surface area (Å²) in [6.07, 6.45) is 1.79. The number of carboxylic acid groups (broad SMARTS) is 1. The van der Waals surface area contributed by atoms with E-state index >= 15 is 0 Å². The second kappa shape index (κ2) is 6.58. The van der Waals surface area contributed by atoms with Crippen molar-refractivity contribution in [3.05, 3.63) is 0 Å². The number of rotatable bonds is 4. The minimum Gasteiger partial charge on any atom is -0.480 e. The number of carboxylic acids is 1. The van der Waals surface area contributed by atoms with Gasteiger partial charge in [0.15, 0.2) is 0 Å². The van der Waals surface area contributed by atoms with E-state index < -0.39 is 12.0 Å². The van der Waals surface area contributed by atoms with Gasteiger partial charge in [-0.15, -0.1) is 0 Å². The van der Waals surface area contributed by atoms with Gasteiger partial charge in [0.2, 0.25) is 0 Å². The highest BCUT2D eigenvalue weighted by Gasteiger charge is 2.28. The van der Waals surface area contributed by atoms with Crippen molar-refractivity contribution in [2.75, 3.05) is 20.2 Å². The van der Waals surface area contributed by atoms with Crippen LogP contribution in [0.25, 0.3) is 0 Å². The minimum atomic E-state index is -0.995. The minimum absolute atomic E-state index is 0.136. The molecule has 0 unspecified atom stereocenters. The zero-order valence-electron chi connectivity index (χ0n) is 11.2. The molecule has 0 aromatic heterocycles. The molecule has 0 aromatic rings. The number of hydrogen-bond acceptors (Lipinski definition) is 3. The van der Waals surface area contributed by atoms with Crippen LogP contribution in [0.5, 0.6) is 0 Å². The number of likely N-dealkylation sites (tertiary alicyclic amines) is 1. The molecule has 18 heavy (non-hydrogen) atoms. The lowest BCUT2D eigenvalue weighted by Gasteiger charge is -2.32. The van der Waals surface area contributed by atoms with E-state index in [1.807, 2.05) is 0 Å². The first-order valence-electron chi connectivity index (χ1n) is 6.26. The second-order valence-corrected chi connectivity index (χ2v) is 4.93. The lowest BCUT2D eigenvalue weighted by molar-refractivity contribution is -0.140. The normalized spacial score (nSPS) is 18.8. The zero-order valence-corrected chi connectivity index (χ0v) is 11.2. The summed E-state index contributed by atoms with van der Waals surface area (Å²) in [4.78, 5) is 24.6. The number of methoxy groups -OCH3 is 1. The van der Waals surface area contributed by atoms with Gasteiger partial charge >= 0.3 is 12.0 Å². The molecular weight excluding hydrogens is 236 g/mol. The average molecular weight is 258 g/mol. The lowest BCUT2D eigenvalue weighted by Crippen LogP contribution is -2.52. The summed E-state index contributed by atoms with van der Waals surface area (Å²) in [7, 11) is 1.67. The number of urea groups is 1. The Morgan fingerprint density at radius 2 is 1.89 bits per heavy atom. The predicted molar refractivity (Wildman–Crippen MR) is 66.4 cm³/mol. The Labute approximate surface area is 107 Å². The third-order valence-electron chi connectivity index (χ3n) is 3.27. The number of ether oxygens (including phenoxy) is 1. The lowest BCUT2D eigenvalue weighted by atomic mass is 10.0. The first kappa shape index (κ1) is 14.8. The molecule has 0 saturated carbocycles. The Balaban J connectivity index is 2.48. The van der Waals surface area contributed by atoms with Gasteiger partial charge in [-0.2, -0.15) is 0 Å². The standard InChI is InChI=1S/C12H22N2O4/c1-8(2)10(11(15)16)13-12(17)14-6-4-9(18-3)5-7-14/h8-10H,4-7H2,1-3H3,(H,13,17)(H,15,16)/t10-/m1/s1. The van der Waals surface area contributed by atoms with Crippen molar-refractivity contribution in [3.8, 4) is 0 Å². The molecule has 1 rings (SSSR count). The number of nitrogens with zero attached hydrogens (tertiary/aromatic N) is 1. The average Bonchev–Trinajstić information content (AvgIpc) is 2.35. The molecule has 0 aromatic carbocycles. The van der Waals surface area contributed by atoms with Crippen molar-refractivity contribution in [2.45, 2.75) is 38.8 Å². The Morgan fingerprint density at radius 1 is 1.33 bits per heavy atom. The number of hydrogen-bond donors (Lipinski definition) is 2. The fourth-order valence-electron chi connectivity index (χ4n) is 2.03. The van der Waals surface area contributed by atoms with Crippen molar-refractivity contribution < 1.29 is 19.4 Å². The van der Waals surface area contributed by atoms with Crippen molar-refractivity contribution in [2.24, 2.45) is 5.92 Å². The van der Waals surface area contributed by atoms with E-state index in [1.54, 1.807) is 25.9 Å². The molecule has 1 fully saturated rings. The number of nitrogens with one attached hydrogen (secondary N) is 1. The maximum absolute atomic E-state index is 11.9. The van der Waals surface area contributed by atoms with Crippen molar-refractivity contribution in [1.29, 1.82) is 0 Å². The molecule has 2 amide bonds. The summed E-state index contributed by atoms with van der Waals surface area (Å²) in [5.74, 6) is -1.13. The Bertz CT molecular complexity index is 298. The predicted octanol–water partition coefficient (Wildman–Crippen LogP) is 0.916. The Kier molecular flexibility index (Phi) is 5.40. The monoisotopic (exact) mass is 258 g/mol. The molecule has 6 nitrogen and oxygen atoms in total. The maximum atomic E-state index is 11.9. The van der Waals surface area contributed by atoms with Gasteiger partial charge in [0, 0.05) is 20.2 Å². The largest absolute Gasteiger partial charge is 0.480 e. The quantitative estimate of drug-likeness (QED) is 0.785. The Morgan fingerprint density at radius 3 is 2.28 bits per heavy atom. The van der Waals surface area contributed by atoms with E-state index in [0.717, 1.165) is 12.8 Å². The van der Waals surface area contributed by atoms with Crippen LogP contribution in [0.15, 0.2) is 0 Å². The molecule has 1 atom stereocenters. The number of piperidine rings is 1. The van der Waals surface area contributed by atoms with E-state index in [2.05, 4.69) is 5.32 Å². The van der Waals surface area contributed by atoms with E-state index in [-0.39, 0.29) is 18.1 Å². The van der Waals surface area contributed by atoms with Crippen LogP contribution in [0.1, 0.15) is 26.7 Å². The summed E-state index contributed by atoms with van der Waals surface area (Å²) in [6.45, 7) is 4.76. The van der Waals surface area contributed by atoms with Crippen LogP contribution < -0.4 is 5.32 Å². The van der Waals surface area contributed by atoms with Gasteiger partial charge in [-0.05, 0) is 18.8 Å². The fraction of sp³-hybridized carbons (Fsp3) is 0.833. The highest BCUT2D eigenvalue weighted by Crippen LogP contribution is 2.13. The molecule has 1 heterocycles. The van der Waals surface area contributed by atoms with E-state index in [9.17, 15) is 9.59 Å². The third-order valence-corrected chi connectivity index (χ3v) is 3.27. The highest BCUT2D eigenvalue weighted by molar-refractivity contribution is 5.82. The topological polar surface area (TPSA) is 78.9 Å². The molecule has 1 aliphatic rings. The summed E-state index contributed by atoms with van der Waals surface area (Å²) in [5.41, 5.74) is 0. The van der Waals surface area contributed by atoms with Gasteiger partial charge < -0.3 is 20.1 Å². The molecule has 0 aliphatic carbocycles. The van der Waals surface area contributed by atoms with Crippen LogP contribution in [-0.2, 0) is 9.53 Å². The third kappa shape index (κ3) is 3.87. The molecule has 1 aliphatic heterocycles. The van der Waals surface area contributed by atoms with Crippen LogP contribution >= 0.6 is 0 Å². The molecule has 0 spiro atoms. The molecule has 0 radical (unpaired) electrons. The Hall–Kier alpha value is -1.30. The first-order valence-corrected chi connectivity index (χ1v) is 6.26. The van der Waals surface area contributed by atoms with Crippen LogP contribution in [0.3, 0.4) is 0 Å². The summed E-state index contributed by atoms with van der Waals surface area (Å²) in [6, 6.07) is -1.14. The molecule has 2 N–H and O–H groups in total. The summed E-state index contributed by atoms with van der Waals surface area (Å²) >= 11 is 0. The van der Waals surface area contributed by atoms with Gasteiger partial charge in [-0.25, -0.2) is 9.59 Å². The fourth-order valence-corrected chi connectivity index (χ4v) is 2.03. The van der Waals surface area contributed by atoms with Crippen LogP contribution in [0.2, 0.25) is 0 Å². The summed E-state index contributed by atoms with van der Waals surface area (Å²) in [5, 5.41) is 11.6. The molecule has 1 saturated heterocycles. The zero-order chi connectivity index (χ0) is 13.7. The SMILES string of the molecule is COC1CCN(C(=O)N[C@@H](C(=O)O)C(C)C)CC1. The van der Waals surface area contributed by atoms with Gasteiger partial charge in [-0.3, -0.25) is 0 Å². The van der Waals surface area contributed by atoms with E-state index in [4.69, 9.17) is 9.84 Å². The van der Waals surface area contributed by atoms with Crippen molar-refractivity contribution >= 4 is 12.0 Å². The van der Waals surface area contributed by atoms with Crippen molar-refractivity contribution in [3.63, 3.8) is 0 Å². The van der Waals surface area contributed by atoms with E-state index in [0.29, 0.717) is 13.1 Å². The highest BCUT2D eigenvalue weighted by atomic mass is 16.5. The molecule has 104 valence electrons. The number of carbonyl (C=O) groups is 2. The van der Waals surface area contributed by atoms with Crippen molar-refractivity contribution in [1.82, 2.24) is 10.2 Å². The number of aliphatic carboxylic acids is 1. The second-order valence-electron chi connectivity index (χ2n) is 4.93. The smallest absolute Gasteiger partial charge is 0.326 e. The van der Waals surface area contributed by atoms with Gasteiger partial charge in [0.1, 0.15) is 6.04 Å². The number of carbonyl (C=O) groups excluding carboxylic acids is 1. The van der Waals surface area contributed by atoms with Gasteiger partial charge in [-0.1, -0.05) is 13.8 Å². The molecular formula is C12H22N2O4. The van der Waals surface area contributed by atoms with Crippen LogP contribution in [0, 0.1) is 5.92 Å². The van der Waals surface area contributed by atoms with Crippen LogP contribution in [-0.4, -0.2) is 54.4 Å². The molecule has 0 bridgehead atoms. The first-order chi connectivity index (χ1) is 8.45. The van der Waals surface area contributed by atoms with Gasteiger partial charge in [0.05, 0.1) is 6.10 Å². The van der Waals surface area contributed by atoms with Crippen LogP contribution in [0.4, 0.5) is 4.79 Å². The van der Waals surface area contributed by atoms with Gasteiger partial charge in [0.25, 0.3) is 0 Å². The van der Waals surface area contributed by atoms with E-state index in [1.165, 1.54) is 0 Å². The summed E-state index contributed by atoms with van der Waals surface area (Å²) < 4.78 is 5.22.